The van der Waals surface area contributed by atoms with Gasteiger partial charge in [-0.1, -0.05) is 6.92 Å². The van der Waals surface area contributed by atoms with Crippen molar-refractivity contribution >= 4 is 23.3 Å². The molecule has 2 aromatic rings. The molecule has 3 heterocycles. The molecule has 0 amide bonds. The highest BCUT2D eigenvalue weighted by atomic mass is 32.1. The third-order valence-corrected chi connectivity index (χ3v) is 3.54. The van der Waals surface area contributed by atoms with Crippen molar-refractivity contribution in [1.29, 1.82) is 0 Å². The molecule has 1 N–H and O–H groups in total. The second kappa shape index (κ2) is 4.90. The summed E-state index contributed by atoms with van der Waals surface area (Å²) in [7, 11) is 0. The first kappa shape index (κ1) is 12.6. The van der Waals surface area contributed by atoms with E-state index in [0.717, 1.165) is 31.6 Å². The first-order valence-corrected chi connectivity index (χ1v) is 6.87. The average molecular weight is 281 g/mol. The van der Waals surface area contributed by atoms with E-state index in [9.17, 15) is 4.79 Å². The molecule has 1 fully saturated rings. The van der Waals surface area contributed by atoms with Crippen molar-refractivity contribution in [3.63, 3.8) is 0 Å². The van der Waals surface area contributed by atoms with Crippen molar-refractivity contribution in [2.45, 2.75) is 38.8 Å². The van der Waals surface area contributed by atoms with E-state index >= 15 is 0 Å². The Balaban J connectivity index is 2.21. The number of H-pyrrole nitrogens is 1. The Bertz CT molecular complexity index is 709. The van der Waals surface area contributed by atoms with Gasteiger partial charge in [-0.3, -0.25) is 9.78 Å². The quantitative estimate of drug-likeness (QED) is 0.855. The number of aryl methyl sites for hydroxylation is 1. The first-order chi connectivity index (χ1) is 9.20. The summed E-state index contributed by atoms with van der Waals surface area (Å²) < 4.78 is 13.0. The molecule has 1 aliphatic rings. The van der Waals surface area contributed by atoms with Crippen LogP contribution in [0.25, 0.3) is 11.1 Å². The van der Waals surface area contributed by atoms with Crippen LogP contribution >= 0.6 is 12.2 Å². The molecular formula is C12H15N3O3S. The number of fused-ring (bicyclic) bond motifs is 1. The predicted octanol–water partition coefficient (Wildman–Crippen LogP) is 2.31. The first-order valence-electron chi connectivity index (χ1n) is 6.47. The minimum absolute atomic E-state index is 0.0799. The molecule has 2 aromatic heterocycles. The second-order valence-electron chi connectivity index (χ2n) is 4.59. The van der Waals surface area contributed by atoms with E-state index in [-0.39, 0.29) is 16.6 Å². The smallest absolute Gasteiger partial charge is 0.283 e. The molecule has 0 aliphatic carbocycles. The van der Waals surface area contributed by atoms with E-state index in [0.29, 0.717) is 17.5 Å². The highest BCUT2D eigenvalue weighted by Gasteiger charge is 2.23. The van der Waals surface area contributed by atoms with Gasteiger partial charge in [0.05, 0.1) is 5.69 Å². The molecule has 0 spiro atoms. The van der Waals surface area contributed by atoms with Gasteiger partial charge in [0.15, 0.2) is 17.3 Å². The Hall–Kier alpha value is -1.47. The molecular weight excluding hydrogens is 266 g/mol. The largest absolute Gasteiger partial charge is 0.427 e. The van der Waals surface area contributed by atoms with Gasteiger partial charge >= 0.3 is 0 Å². The molecule has 0 radical (unpaired) electrons. The summed E-state index contributed by atoms with van der Waals surface area (Å²) in [6.45, 7) is 2.72. The Morgan fingerprint density at radius 3 is 3.05 bits per heavy atom. The molecule has 1 saturated heterocycles. The highest BCUT2D eigenvalue weighted by molar-refractivity contribution is 7.71. The molecule has 3 rings (SSSR count). The summed E-state index contributed by atoms with van der Waals surface area (Å²) in [4.78, 5) is 14.4. The molecule has 6 nitrogen and oxygen atoms in total. The zero-order valence-electron chi connectivity index (χ0n) is 10.6. The van der Waals surface area contributed by atoms with E-state index < -0.39 is 0 Å². The maximum Gasteiger partial charge on any atom is 0.283 e. The van der Waals surface area contributed by atoms with Crippen LogP contribution in [0.5, 0.6) is 0 Å². The van der Waals surface area contributed by atoms with Crippen molar-refractivity contribution < 1.29 is 9.15 Å². The van der Waals surface area contributed by atoms with Crippen molar-refractivity contribution in [2.24, 2.45) is 0 Å². The Labute approximate surface area is 114 Å². The van der Waals surface area contributed by atoms with Gasteiger partial charge in [-0.2, -0.15) is 5.10 Å². The molecule has 0 aromatic carbocycles. The summed E-state index contributed by atoms with van der Waals surface area (Å²) in [5.41, 5.74) is 1.32. The lowest BCUT2D eigenvalue weighted by molar-refractivity contribution is -0.0406. The van der Waals surface area contributed by atoms with Gasteiger partial charge < -0.3 is 9.15 Å². The molecule has 102 valence electrons. The van der Waals surface area contributed by atoms with Crippen LogP contribution < -0.4 is 5.56 Å². The number of ether oxygens (including phenoxy) is 1. The van der Waals surface area contributed by atoms with Crippen molar-refractivity contribution in [3.8, 4) is 0 Å². The fourth-order valence-corrected chi connectivity index (χ4v) is 2.63. The van der Waals surface area contributed by atoms with E-state index in [1.54, 1.807) is 4.68 Å². The number of nitrogens with one attached hydrogen (secondary N) is 1. The lowest BCUT2D eigenvalue weighted by Crippen LogP contribution is -2.21. The SMILES string of the molecule is CCc1c2oc(=S)[nH]c(=O)c2nn1C1CCCCO1. The number of nitrogens with zero attached hydrogens (tertiary/aromatic N) is 2. The Morgan fingerprint density at radius 2 is 2.37 bits per heavy atom. The van der Waals surface area contributed by atoms with Crippen LogP contribution in [0.2, 0.25) is 0 Å². The fraction of sp³-hybridized carbons (Fsp3) is 0.583. The fourth-order valence-electron chi connectivity index (χ4n) is 2.46. The molecule has 1 aliphatic heterocycles. The number of rotatable bonds is 2. The third kappa shape index (κ3) is 2.12. The van der Waals surface area contributed by atoms with Gasteiger partial charge in [-0.05, 0) is 37.9 Å². The topological polar surface area (TPSA) is 73.0 Å². The van der Waals surface area contributed by atoms with Gasteiger partial charge in [0.2, 0.25) is 0 Å². The predicted molar refractivity (Wildman–Crippen MR) is 71.7 cm³/mol. The summed E-state index contributed by atoms with van der Waals surface area (Å²) >= 11 is 4.91. The van der Waals surface area contributed by atoms with E-state index in [1.807, 2.05) is 6.92 Å². The van der Waals surface area contributed by atoms with E-state index in [2.05, 4.69) is 10.1 Å². The average Bonchev–Trinajstić information content (AvgIpc) is 2.78. The van der Waals surface area contributed by atoms with Crippen LogP contribution in [0.3, 0.4) is 0 Å². The van der Waals surface area contributed by atoms with Crippen LogP contribution in [0.4, 0.5) is 0 Å². The monoisotopic (exact) mass is 281 g/mol. The summed E-state index contributed by atoms with van der Waals surface area (Å²) in [5, 5.41) is 4.36. The molecule has 1 unspecified atom stereocenters. The van der Waals surface area contributed by atoms with E-state index in [4.69, 9.17) is 21.4 Å². The summed E-state index contributed by atoms with van der Waals surface area (Å²) in [6.07, 6.45) is 3.67. The molecule has 0 bridgehead atoms. The molecule has 19 heavy (non-hydrogen) atoms. The molecule has 7 heteroatoms. The van der Waals surface area contributed by atoms with Gasteiger partial charge in [0, 0.05) is 6.61 Å². The highest BCUT2D eigenvalue weighted by Crippen LogP contribution is 2.26. The van der Waals surface area contributed by atoms with Crippen molar-refractivity contribution in [2.75, 3.05) is 6.61 Å². The number of hydrogen-bond donors (Lipinski definition) is 1. The van der Waals surface area contributed by atoms with Gasteiger partial charge in [-0.25, -0.2) is 4.68 Å². The minimum atomic E-state index is -0.310. The third-order valence-electron chi connectivity index (χ3n) is 3.35. The maximum atomic E-state index is 11.9. The van der Waals surface area contributed by atoms with Gasteiger partial charge in [0.1, 0.15) is 0 Å². The summed E-state index contributed by atoms with van der Waals surface area (Å²) in [5.74, 6) is 0. The van der Waals surface area contributed by atoms with E-state index in [1.165, 1.54) is 0 Å². The lowest BCUT2D eigenvalue weighted by atomic mass is 10.2. The van der Waals surface area contributed by atoms with Crippen LogP contribution in [0, 0.1) is 4.84 Å². The van der Waals surface area contributed by atoms with Gasteiger partial charge in [0.25, 0.3) is 10.4 Å². The van der Waals surface area contributed by atoms with Crippen LogP contribution in [-0.2, 0) is 11.2 Å². The minimum Gasteiger partial charge on any atom is -0.427 e. The number of aromatic amines is 1. The normalized spacial score (nSPS) is 19.9. The Kier molecular flexibility index (Phi) is 3.24. The van der Waals surface area contributed by atoms with Gasteiger partial charge in [-0.15, -0.1) is 0 Å². The second-order valence-corrected chi connectivity index (χ2v) is 4.96. The van der Waals surface area contributed by atoms with Crippen LogP contribution in [0.15, 0.2) is 9.21 Å². The molecule has 0 saturated carbocycles. The standard InChI is InChI=1S/C12H15N3O3S/c1-2-7-10-9(11(16)13-12(19)18-10)14-15(7)8-5-3-4-6-17-8/h8H,2-6H2,1H3,(H,13,16,19). The zero-order valence-corrected chi connectivity index (χ0v) is 11.5. The number of hydrogen-bond acceptors (Lipinski definition) is 5. The Morgan fingerprint density at radius 1 is 1.53 bits per heavy atom. The molecule has 1 atom stereocenters. The summed E-state index contributed by atoms with van der Waals surface area (Å²) in [6, 6.07) is 0. The van der Waals surface area contributed by atoms with Crippen LogP contribution in [-0.4, -0.2) is 21.4 Å². The number of aromatic nitrogens is 3. The zero-order chi connectivity index (χ0) is 13.4. The van der Waals surface area contributed by atoms with Crippen molar-refractivity contribution in [3.05, 3.63) is 20.9 Å². The van der Waals surface area contributed by atoms with Crippen LogP contribution in [0.1, 0.15) is 38.1 Å². The maximum absolute atomic E-state index is 11.9. The van der Waals surface area contributed by atoms with Crippen molar-refractivity contribution in [1.82, 2.24) is 14.8 Å². The lowest BCUT2D eigenvalue weighted by Gasteiger charge is -2.24.